The minimum atomic E-state index is -3.81. The molecule has 0 aromatic heterocycles. The van der Waals surface area contributed by atoms with E-state index in [9.17, 15) is 16.8 Å². The highest BCUT2D eigenvalue weighted by molar-refractivity contribution is 7.95. The van der Waals surface area contributed by atoms with Crippen LogP contribution in [0, 0.1) is 0 Å². The lowest BCUT2D eigenvalue weighted by molar-refractivity contribution is 0.247. The molecule has 0 bridgehead atoms. The zero-order valence-electron chi connectivity index (χ0n) is 7.46. The molecule has 82 valence electrons. The first-order valence-corrected chi connectivity index (χ1v) is 6.97. The summed E-state index contributed by atoms with van der Waals surface area (Å²) in [5.74, 6) is -0.454. The summed E-state index contributed by atoms with van der Waals surface area (Å²) >= 11 is 0. The molecule has 0 aromatic carbocycles. The van der Waals surface area contributed by atoms with Crippen molar-refractivity contribution in [3.05, 3.63) is 24.0 Å². The van der Waals surface area contributed by atoms with Crippen LogP contribution in [0.15, 0.2) is 24.0 Å². The van der Waals surface area contributed by atoms with Crippen LogP contribution in [0.5, 0.6) is 0 Å². The number of aliphatic hydroxyl groups excluding tert-OH is 1. The fraction of sp³-hybridized carbons (Fsp3) is 0.429. The largest absolute Gasteiger partial charge is 0.377 e. The van der Waals surface area contributed by atoms with Gasteiger partial charge in [-0.15, -0.1) is 0 Å². The Labute approximate surface area is 83.6 Å². The van der Waals surface area contributed by atoms with Gasteiger partial charge in [0, 0.05) is 17.2 Å². The maximum Gasteiger partial charge on any atom is 0.197 e. The SMILES string of the molecule is C=CS(=O)(=O)CCC(O)S(=O)(=O)C=C. The first-order chi connectivity index (χ1) is 6.25. The highest BCUT2D eigenvalue weighted by Gasteiger charge is 2.20. The average molecular weight is 240 g/mol. The van der Waals surface area contributed by atoms with E-state index in [0.717, 1.165) is 5.41 Å². The molecule has 0 spiro atoms. The van der Waals surface area contributed by atoms with Crippen LogP contribution in [-0.2, 0) is 19.7 Å². The van der Waals surface area contributed by atoms with E-state index in [1.807, 2.05) is 0 Å². The van der Waals surface area contributed by atoms with Gasteiger partial charge in [0.1, 0.15) is 0 Å². The van der Waals surface area contributed by atoms with E-state index < -0.39 is 30.9 Å². The summed E-state index contributed by atoms with van der Waals surface area (Å²) in [6.07, 6.45) is -0.386. The predicted octanol–water partition coefficient (Wildman–Crippen LogP) is -0.189. The molecule has 0 amide bonds. The maximum absolute atomic E-state index is 10.9. The zero-order chi connectivity index (χ0) is 11.4. The molecule has 0 aliphatic carbocycles. The summed E-state index contributed by atoms with van der Waals surface area (Å²) in [5, 5.41) is 10.4. The first-order valence-electron chi connectivity index (χ1n) is 3.65. The third-order valence-electron chi connectivity index (χ3n) is 1.51. The van der Waals surface area contributed by atoms with Crippen molar-refractivity contribution in [1.82, 2.24) is 0 Å². The highest BCUT2D eigenvalue weighted by Crippen LogP contribution is 2.07. The summed E-state index contributed by atoms with van der Waals surface area (Å²) in [6, 6.07) is 0. The van der Waals surface area contributed by atoms with E-state index in [4.69, 9.17) is 5.11 Å². The van der Waals surface area contributed by atoms with Crippen molar-refractivity contribution >= 4 is 19.7 Å². The molecule has 0 aliphatic heterocycles. The molecule has 0 aromatic rings. The van der Waals surface area contributed by atoms with Gasteiger partial charge in [-0.3, -0.25) is 0 Å². The molecule has 1 atom stereocenters. The summed E-state index contributed by atoms with van der Waals surface area (Å²) < 4.78 is 43.6. The van der Waals surface area contributed by atoms with Gasteiger partial charge in [0.25, 0.3) is 0 Å². The Morgan fingerprint density at radius 3 is 2.00 bits per heavy atom. The summed E-state index contributed by atoms with van der Waals surface area (Å²) in [7, 11) is -7.29. The fourth-order valence-electron chi connectivity index (χ4n) is 0.624. The second kappa shape index (κ2) is 4.72. The van der Waals surface area contributed by atoms with E-state index in [2.05, 4.69) is 13.2 Å². The Morgan fingerprint density at radius 2 is 1.64 bits per heavy atom. The molecule has 14 heavy (non-hydrogen) atoms. The van der Waals surface area contributed by atoms with Gasteiger partial charge in [-0.2, -0.15) is 0 Å². The quantitative estimate of drug-likeness (QED) is 0.695. The summed E-state index contributed by atoms with van der Waals surface area (Å²) in [4.78, 5) is 0. The Hall–Kier alpha value is -0.660. The molecule has 0 heterocycles. The van der Waals surface area contributed by atoms with Crippen molar-refractivity contribution in [2.75, 3.05) is 5.75 Å². The minimum absolute atomic E-state index is 0.386. The smallest absolute Gasteiger partial charge is 0.197 e. The molecule has 0 fully saturated rings. The van der Waals surface area contributed by atoms with Gasteiger partial charge < -0.3 is 5.11 Å². The summed E-state index contributed by atoms with van der Waals surface area (Å²) in [6.45, 7) is 6.05. The van der Waals surface area contributed by atoms with Crippen molar-refractivity contribution in [3.8, 4) is 0 Å². The molecule has 1 unspecified atom stereocenters. The second-order valence-corrected chi connectivity index (χ2v) is 6.66. The van der Waals surface area contributed by atoms with Gasteiger partial charge in [-0.05, 0) is 0 Å². The lowest BCUT2D eigenvalue weighted by Gasteiger charge is -2.07. The van der Waals surface area contributed by atoms with Gasteiger partial charge in [-0.25, -0.2) is 16.8 Å². The van der Waals surface area contributed by atoms with Crippen LogP contribution in [-0.4, -0.2) is 33.1 Å². The molecule has 0 saturated heterocycles. The van der Waals surface area contributed by atoms with Gasteiger partial charge in [0.2, 0.25) is 0 Å². The van der Waals surface area contributed by atoms with Gasteiger partial charge in [0.05, 0.1) is 5.75 Å². The molecular weight excluding hydrogens is 228 g/mol. The number of sulfone groups is 2. The van der Waals surface area contributed by atoms with Gasteiger partial charge in [0.15, 0.2) is 25.1 Å². The van der Waals surface area contributed by atoms with Crippen LogP contribution in [0.3, 0.4) is 0 Å². The number of rotatable bonds is 6. The van der Waals surface area contributed by atoms with Gasteiger partial charge in [-0.1, -0.05) is 13.2 Å². The molecule has 0 saturated carbocycles. The van der Waals surface area contributed by atoms with Gasteiger partial charge >= 0.3 is 0 Å². The van der Waals surface area contributed by atoms with Crippen LogP contribution in [0.25, 0.3) is 0 Å². The third-order valence-corrected chi connectivity index (χ3v) is 4.29. The lowest BCUT2D eigenvalue weighted by atomic mass is 10.5. The van der Waals surface area contributed by atoms with Crippen LogP contribution in [0.2, 0.25) is 0 Å². The molecule has 7 heteroatoms. The molecular formula is C7H12O5S2. The predicted molar refractivity (Wildman–Crippen MR) is 53.7 cm³/mol. The first kappa shape index (κ1) is 13.3. The minimum Gasteiger partial charge on any atom is -0.377 e. The highest BCUT2D eigenvalue weighted by atomic mass is 32.2. The Morgan fingerprint density at radius 1 is 1.14 bits per heavy atom. The van der Waals surface area contributed by atoms with Crippen LogP contribution in [0.4, 0.5) is 0 Å². The van der Waals surface area contributed by atoms with Crippen molar-refractivity contribution in [2.45, 2.75) is 11.9 Å². The van der Waals surface area contributed by atoms with Crippen LogP contribution in [0.1, 0.15) is 6.42 Å². The number of hydrogen-bond donors (Lipinski definition) is 1. The zero-order valence-corrected chi connectivity index (χ0v) is 9.09. The Kier molecular flexibility index (Phi) is 4.50. The van der Waals surface area contributed by atoms with Crippen molar-refractivity contribution in [1.29, 1.82) is 0 Å². The second-order valence-electron chi connectivity index (χ2n) is 2.53. The van der Waals surface area contributed by atoms with Crippen LogP contribution < -0.4 is 0 Å². The van der Waals surface area contributed by atoms with Crippen molar-refractivity contribution in [2.24, 2.45) is 0 Å². The lowest BCUT2D eigenvalue weighted by Crippen LogP contribution is -2.21. The normalized spacial score (nSPS) is 14.6. The molecule has 0 rings (SSSR count). The van der Waals surface area contributed by atoms with E-state index >= 15 is 0 Å². The van der Waals surface area contributed by atoms with E-state index in [1.165, 1.54) is 0 Å². The molecule has 1 N–H and O–H groups in total. The van der Waals surface area contributed by atoms with E-state index in [0.29, 0.717) is 5.41 Å². The molecule has 0 radical (unpaired) electrons. The van der Waals surface area contributed by atoms with E-state index in [1.54, 1.807) is 0 Å². The number of hydrogen-bond acceptors (Lipinski definition) is 5. The monoisotopic (exact) mass is 240 g/mol. The number of aliphatic hydroxyl groups is 1. The van der Waals surface area contributed by atoms with E-state index in [-0.39, 0.29) is 6.42 Å². The van der Waals surface area contributed by atoms with Crippen molar-refractivity contribution < 1.29 is 21.9 Å². The Balaban J connectivity index is 4.46. The van der Waals surface area contributed by atoms with Crippen molar-refractivity contribution in [3.63, 3.8) is 0 Å². The third kappa shape index (κ3) is 4.03. The molecule has 0 aliphatic rings. The average Bonchev–Trinajstić information content (AvgIpc) is 2.14. The standard InChI is InChI=1S/C7H12O5S2/c1-3-13(9,10)6-5-7(8)14(11,12)4-2/h3-4,7-8H,1-2,5-6H2. The molecule has 5 nitrogen and oxygen atoms in total. The van der Waals surface area contributed by atoms with Crippen LogP contribution >= 0.6 is 0 Å². The maximum atomic E-state index is 10.9. The summed E-state index contributed by atoms with van der Waals surface area (Å²) in [5.41, 5.74) is -1.73. The Bertz CT molecular complexity index is 403. The topological polar surface area (TPSA) is 88.5 Å². The fourth-order valence-corrected chi connectivity index (χ4v) is 2.16.